The van der Waals surface area contributed by atoms with E-state index in [1.54, 1.807) is 43.6 Å². The van der Waals surface area contributed by atoms with Gasteiger partial charge in [-0.15, -0.1) is 0 Å². The van der Waals surface area contributed by atoms with Crippen LogP contribution in [0, 0.1) is 6.92 Å². The van der Waals surface area contributed by atoms with Crippen LogP contribution in [0.5, 0.6) is 0 Å². The number of nitrogens with zero attached hydrogens (tertiary/aromatic N) is 1. The molecule has 0 radical (unpaired) electrons. The lowest BCUT2D eigenvalue weighted by molar-refractivity contribution is 0.252. The van der Waals surface area contributed by atoms with E-state index in [-0.39, 0.29) is 15.7 Å². The van der Waals surface area contributed by atoms with Crippen molar-refractivity contribution in [3.05, 3.63) is 72.6 Å². The Morgan fingerprint density at radius 2 is 1.71 bits per heavy atom. The fraction of sp³-hybridized carbons (Fsp3) is 0.100. The van der Waals surface area contributed by atoms with Gasteiger partial charge in [-0.1, -0.05) is 17.8 Å². The van der Waals surface area contributed by atoms with Crippen LogP contribution in [0.4, 0.5) is 25.8 Å². The van der Waals surface area contributed by atoms with Crippen LogP contribution in [0.1, 0.15) is 5.56 Å². The Morgan fingerprint density at radius 1 is 1.03 bits per heavy atom. The first kappa shape index (κ1) is 22.9. The number of rotatable bonds is 7. The second-order valence-corrected chi connectivity index (χ2v) is 9.43. The Kier molecular flexibility index (Phi) is 7.42. The predicted octanol–water partition coefficient (Wildman–Crippen LogP) is 5.31. The lowest BCUT2D eigenvalue weighted by Crippen LogP contribution is -2.20. The summed E-state index contributed by atoms with van der Waals surface area (Å²) in [5.74, 6) is -2.54. The fourth-order valence-electron chi connectivity index (χ4n) is 2.61. The summed E-state index contributed by atoms with van der Waals surface area (Å²) in [5, 5.41) is 6.18. The van der Waals surface area contributed by atoms with E-state index < -0.39 is 15.8 Å². The molecule has 0 unspecified atom stereocenters. The Bertz CT molecular complexity index is 1160. The second kappa shape index (κ2) is 10.0. The maximum Gasteiger partial charge on any atom is 0.288 e. The summed E-state index contributed by atoms with van der Waals surface area (Å²) in [6.07, 6.45) is 3.24. The number of pyridine rings is 1. The molecule has 0 saturated heterocycles. The van der Waals surface area contributed by atoms with E-state index in [0.29, 0.717) is 33.6 Å². The minimum Gasteiger partial charge on any atom is -0.332 e. The first-order valence-corrected chi connectivity index (χ1v) is 11.7. The highest BCUT2D eigenvalue weighted by molar-refractivity contribution is 7.99. The number of nitrogens with one attached hydrogen (secondary N) is 3. The third kappa shape index (κ3) is 6.61. The van der Waals surface area contributed by atoms with Gasteiger partial charge >= 0.3 is 0 Å². The molecule has 3 aromatic rings. The van der Waals surface area contributed by atoms with Crippen molar-refractivity contribution in [3.8, 4) is 0 Å². The van der Waals surface area contributed by atoms with E-state index in [2.05, 4.69) is 20.3 Å². The van der Waals surface area contributed by atoms with Crippen LogP contribution in [-0.2, 0) is 10.0 Å². The maximum absolute atomic E-state index is 12.9. The van der Waals surface area contributed by atoms with Gasteiger partial charge in [-0.3, -0.25) is 9.71 Å². The molecule has 0 amide bonds. The quantitative estimate of drug-likeness (QED) is 0.312. The molecule has 0 atom stereocenters. The number of hydrogen-bond acceptors (Lipinski definition) is 5. The minimum absolute atomic E-state index is 0.0627. The number of halogens is 2. The third-order valence-corrected chi connectivity index (χ3v) is 6.44. The number of hydrogen-bond donors (Lipinski definition) is 3. The molecule has 1 heterocycles. The number of aromatic nitrogens is 1. The van der Waals surface area contributed by atoms with Gasteiger partial charge in [-0.2, -0.15) is 8.78 Å². The first-order chi connectivity index (χ1) is 14.7. The van der Waals surface area contributed by atoms with Crippen molar-refractivity contribution >= 4 is 56.2 Å². The molecule has 162 valence electrons. The first-order valence-electron chi connectivity index (χ1n) is 8.89. The molecule has 11 heteroatoms. The molecule has 0 spiro atoms. The molecule has 1 aromatic heterocycles. The van der Waals surface area contributed by atoms with Gasteiger partial charge in [0.2, 0.25) is 0 Å². The molecule has 6 nitrogen and oxygen atoms in total. The van der Waals surface area contributed by atoms with Crippen LogP contribution in [0.25, 0.3) is 0 Å². The van der Waals surface area contributed by atoms with Crippen LogP contribution in [0.3, 0.4) is 0 Å². The summed E-state index contributed by atoms with van der Waals surface area (Å²) in [6.45, 7) is 1.67. The van der Waals surface area contributed by atoms with E-state index in [4.69, 9.17) is 12.2 Å². The molecule has 0 fully saturated rings. The fourth-order valence-corrected chi connectivity index (χ4v) is 4.68. The summed E-state index contributed by atoms with van der Waals surface area (Å²) in [4.78, 5) is 4.39. The number of alkyl halides is 2. The van der Waals surface area contributed by atoms with E-state index in [1.807, 2.05) is 0 Å². The summed E-state index contributed by atoms with van der Waals surface area (Å²) >= 11 is 5.66. The average Bonchev–Trinajstić information content (AvgIpc) is 2.71. The largest absolute Gasteiger partial charge is 0.332 e. The SMILES string of the molecule is Cc1ccc(NC(=S)Nc2cccnc2)cc1S(=O)(=O)Nc1ccc(SC(F)F)cc1. The van der Waals surface area contributed by atoms with E-state index in [9.17, 15) is 17.2 Å². The zero-order valence-corrected chi connectivity index (χ0v) is 18.6. The highest BCUT2D eigenvalue weighted by Crippen LogP contribution is 2.28. The van der Waals surface area contributed by atoms with Crippen LogP contribution in [0.2, 0.25) is 0 Å². The van der Waals surface area contributed by atoms with E-state index in [0.717, 1.165) is 0 Å². The Hall–Kier alpha value is -2.76. The number of anilines is 3. The predicted molar refractivity (Wildman–Crippen MR) is 124 cm³/mol. The zero-order chi connectivity index (χ0) is 22.4. The topological polar surface area (TPSA) is 83.1 Å². The Balaban J connectivity index is 1.74. The molecule has 2 aromatic carbocycles. The number of thioether (sulfide) groups is 1. The number of benzene rings is 2. The Labute approximate surface area is 188 Å². The molecule has 0 aliphatic carbocycles. The molecular weight excluding hydrogens is 462 g/mol. The summed E-state index contributed by atoms with van der Waals surface area (Å²) in [6, 6.07) is 14.1. The monoisotopic (exact) mass is 480 g/mol. The third-order valence-electron chi connectivity index (χ3n) is 3.99. The van der Waals surface area contributed by atoms with Gasteiger partial charge in [0.1, 0.15) is 0 Å². The molecule has 0 aliphatic rings. The molecular formula is C20H18F2N4O2S3. The van der Waals surface area contributed by atoms with Gasteiger partial charge in [0.25, 0.3) is 15.8 Å². The minimum atomic E-state index is -3.92. The smallest absolute Gasteiger partial charge is 0.288 e. The normalized spacial score (nSPS) is 11.2. The van der Waals surface area contributed by atoms with Crippen LogP contribution in [0.15, 0.2) is 76.8 Å². The van der Waals surface area contributed by atoms with Crippen molar-refractivity contribution in [3.63, 3.8) is 0 Å². The van der Waals surface area contributed by atoms with Gasteiger partial charge in [0.15, 0.2) is 5.11 Å². The van der Waals surface area contributed by atoms with Crippen molar-refractivity contribution in [2.75, 3.05) is 15.4 Å². The molecule has 0 saturated carbocycles. The maximum atomic E-state index is 12.9. The molecule has 0 bridgehead atoms. The van der Waals surface area contributed by atoms with Crippen molar-refractivity contribution in [1.29, 1.82) is 0 Å². The lowest BCUT2D eigenvalue weighted by Gasteiger charge is -2.14. The lowest BCUT2D eigenvalue weighted by atomic mass is 10.2. The van der Waals surface area contributed by atoms with Crippen molar-refractivity contribution in [2.24, 2.45) is 0 Å². The standard InChI is InChI=1S/C20H18F2N4O2S3/c1-13-4-5-15(24-20(29)25-16-3-2-10-23-12-16)11-18(13)31(27,28)26-14-6-8-17(9-7-14)30-19(21)22/h2-12,19,26H,1H3,(H2,24,25,29). The van der Waals surface area contributed by atoms with Crippen LogP contribution >= 0.6 is 24.0 Å². The molecule has 0 aliphatic heterocycles. The van der Waals surface area contributed by atoms with Gasteiger partial charge < -0.3 is 10.6 Å². The summed E-state index contributed by atoms with van der Waals surface area (Å²) < 4.78 is 53.1. The summed E-state index contributed by atoms with van der Waals surface area (Å²) in [7, 11) is -3.92. The number of thiocarbonyl (C=S) groups is 1. The number of sulfonamides is 1. The van der Waals surface area contributed by atoms with Gasteiger partial charge in [0, 0.05) is 22.5 Å². The molecule has 3 rings (SSSR count). The van der Waals surface area contributed by atoms with Crippen LogP contribution in [-0.4, -0.2) is 24.3 Å². The van der Waals surface area contributed by atoms with E-state index in [1.165, 1.54) is 30.3 Å². The van der Waals surface area contributed by atoms with Gasteiger partial charge in [0.05, 0.1) is 16.8 Å². The van der Waals surface area contributed by atoms with Gasteiger partial charge in [-0.05, 0) is 73.2 Å². The van der Waals surface area contributed by atoms with Crippen LogP contribution < -0.4 is 15.4 Å². The van der Waals surface area contributed by atoms with Crippen molar-refractivity contribution in [2.45, 2.75) is 22.5 Å². The van der Waals surface area contributed by atoms with Crippen molar-refractivity contribution in [1.82, 2.24) is 4.98 Å². The summed E-state index contributed by atoms with van der Waals surface area (Å²) in [5.41, 5.74) is 1.98. The van der Waals surface area contributed by atoms with E-state index >= 15 is 0 Å². The average molecular weight is 481 g/mol. The zero-order valence-electron chi connectivity index (χ0n) is 16.2. The van der Waals surface area contributed by atoms with Gasteiger partial charge in [-0.25, -0.2) is 8.42 Å². The highest BCUT2D eigenvalue weighted by Gasteiger charge is 2.18. The second-order valence-electron chi connectivity index (χ2n) is 6.31. The Morgan fingerprint density at radius 3 is 2.35 bits per heavy atom. The van der Waals surface area contributed by atoms with Crippen molar-refractivity contribution < 1.29 is 17.2 Å². The number of aryl methyl sites for hydroxylation is 1. The molecule has 31 heavy (non-hydrogen) atoms. The molecule has 3 N–H and O–H groups in total. The highest BCUT2D eigenvalue weighted by atomic mass is 32.2.